The van der Waals surface area contributed by atoms with Crippen LogP contribution in [-0.2, 0) is 11.2 Å². The first kappa shape index (κ1) is 11.7. The molecule has 0 saturated carbocycles. The van der Waals surface area contributed by atoms with Gasteiger partial charge in [0.05, 0.1) is 0 Å². The molecule has 1 aromatic rings. The average molecular weight is 208 g/mol. The van der Waals surface area contributed by atoms with Crippen LogP contribution in [0.25, 0.3) is 0 Å². The SMILES string of the molecule is Cc1cc(B(O)O)ccc1CCC(=O)O. The van der Waals surface area contributed by atoms with Gasteiger partial charge in [-0.2, -0.15) is 0 Å². The van der Waals surface area contributed by atoms with E-state index in [0.29, 0.717) is 11.9 Å². The molecule has 0 amide bonds. The smallest absolute Gasteiger partial charge is 0.481 e. The van der Waals surface area contributed by atoms with E-state index in [4.69, 9.17) is 15.2 Å². The fourth-order valence-corrected chi connectivity index (χ4v) is 1.40. The summed E-state index contributed by atoms with van der Waals surface area (Å²) in [6.45, 7) is 1.82. The van der Waals surface area contributed by atoms with E-state index in [0.717, 1.165) is 11.1 Å². The van der Waals surface area contributed by atoms with Gasteiger partial charge in [-0.05, 0) is 29.9 Å². The van der Waals surface area contributed by atoms with Gasteiger partial charge in [-0.25, -0.2) is 0 Å². The van der Waals surface area contributed by atoms with E-state index >= 15 is 0 Å². The van der Waals surface area contributed by atoms with E-state index in [1.54, 1.807) is 18.2 Å². The second kappa shape index (κ2) is 4.95. The van der Waals surface area contributed by atoms with Crippen molar-refractivity contribution in [3.63, 3.8) is 0 Å². The van der Waals surface area contributed by atoms with E-state index in [-0.39, 0.29) is 6.42 Å². The first-order chi connectivity index (χ1) is 7.00. The van der Waals surface area contributed by atoms with Crippen molar-refractivity contribution in [3.8, 4) is 0 Å². The molecule has 0 radical (unpaired) electrons. The van der Waals surface area contributed by atoms with Gasteiger partial charge in [0.15, 0.2) is 0 Å². The van der Waals surface area contributed by atoms with Crippen molar-refractivity contribution >= 4 is 18.6 Å². The summed E-state index contributed by atoms with van der Waals surface area (Å²) in [7, 11) is -1.47. The van der Waals surface area contributed by atoms with Crippen LogP contribution in [0.2, 0.25) is 0 Å². The molecule has 15 heavy (non-hydrogen) atoms. The average Bonchev–Trinajstić information content (AvgIpc) is 2.15. The van der Waals surface area contributed by atoms with Gasteiger partial charge in [0.25, 0.3) is 0 Å². The Morgan fingerprint density at radius 1 is 1.40 bits per heavy atom. The Bertz CT molecular complexity index is 362. The van der Waals surface area contributed by atoms with Crippen LogP contribution in [-0.4, -0.2) is 28.2 Å². The minimum absolute atomic E-state index is 0.0852. The quantitative estimate of drug-likeness (QED) is 0.593. The summed E-state index contributed by atoms with van der Waals surface area (Å²) >= 11 is 0. The maximum Gasteiger partial charge on any atom is 0.488 e. The lowest BCUT2D eigenvalue weighted by Crippen LogP contribution is -2.30. The number of hydrogen-bond donors (Lipinski definition) is 3. The molecule has 0 unspecified atom stereocenters. The molecule has 0 aliphatic rings. The Hall–Kier alpha value is -1.33. The third-order valence-electron chi connectivity index (χ3n) is 2.27. The summed E-state index contributed by atoms with van der Waals surface area (Å²) in [6.07, 6.45) is 0.546. The summed E-state index contributed by atoms with van der Waals surface area (Å²) < 4.78 is 0. The van der Waals surface area contributed by atoms with Gasteiger partial charge in [0.2, 0.25) is 0 Å². The van der Waals surface area contributed by atoms with E-state index in [9.17, 15) is 4.79 Å². The van der Waals surface area contributed by atoms with Crippen molar-refractivity contribution in [2.24, 2.45) is 0 Å². The zero-order chi connectivity index (χ0) is 11.4. The lowest BCUT2D eigenvalue weighted by molar-refractivity contribution is -0.136. The van der Waals surface area contributed by atoms with E-state index in [2.05, 4.69) is 0 Å². The van der Waals surface area contributed by atoms with E-state index in [1.807, 2.05) is 6.92 Å². The number of rotatable bonds is 4. The molecule has 0 spiro atoms. The predicted octanol–water partition coefficient (Wildman–Crippen LogP) is -0.308. The van der Waals surface area contributed by atoms with Crippen molar-refractivity contribution < 1.29 is 19.9 Å². The van der Waals surface area contributed by atoms with Crippen LogP contribution in [0.3, 0.4) is 0 Å². The lowest BCUT2D eigenvalue weighted by atomic mass is 9.79. The second-order valence-electron chi connectivity index (χ2n) is 3.45. The summed E-state index contributed by atoms with van der Waals surface area (Å²) in [4.78, 5) is 10.4. The van der Waals surface area contributed by atoms with Gasteiger partial charge < -0.3 is 15.2 Å². The Labute approximate surface area is 88.3 Å². The van der Waals surface area contributed by atoms with Gasteiger partial charge >= 0.3 is 13.1 Å². The predicted molar refractivity (Wildman–Crippen MR) is 57.0 cm³/mol. The molecule has 0 heterocycles. The molecule has 4 nitrogen and oxygen atoms in total. The largest absolute Gasteiger partial charge is 0.488 e. The van der Waals surface area contributed by atoms with Gasteiger partial charge in [-0.15, -0.1) is 0 Å². The van der Waals surface area contributed by atoms with Crippen LogP contribution in [0, 0.1) is 6.92 Å². The molecule has 0 aliphatic carbocycles. The highest BCUT2D eigenvalue weighted by molar-refractivity contribution is 6.58. The Balaban J connectivity index is 2.79. The molecule has 3 N–H and O–H groups in total. The van der Waals surface area contributed by atoms with Crippen LogP contribution in [0.1, 0.15) is 17.5 Å². The van der Waals surface area contributed by atoms with Gasteiger partial charge in [-0.1, -0.05) is 18.2 Å². The zero-order valence-electron chi connectivity index (χ0n) is 8.47. The lowest BCUT2D eigenvalue weighted by Gasteiger charge is -2.06. The molecule has 0 saturated heterocycles. The topological polar surface area (TPSA) is 77.8 Å². The fourth-order valence-electron chi connectivity index (χ4n) is 1.40. The monoisotopic (exact) mass is 208 g/mol. The van der Waals surface area contributed by atoms with Crippen LogP contribution in [0.15, 0.2) is 18.2 Å². The Morgan fingerprint density at radius 3 is 2.53 bits per heavy atom. The standard InChI is InChI=1S/C10H13BO4/c1-7-6-9(11(14)15)4-2-8(7)3-5-10(12)13/h2,4,6,14-15H,3,5H2,1H3,(H,12,13). The number of aliphatic carboxylic acids is 1. The third-order valence-corrected chi connectivity index (χ3v) is 2.27. The first-order valence-electron chi connectivity index (χ1n) is 4.68. The summed E-state index contributed by atoms with van der Waals surface area (Å²) in [5, 5.41) is 26.4. The molecule has 0 aromatic heterocycles. The molecular weight excluding hydrogens is 195 g/mol. The maximum absolute atomic E-state index is 10.4. The van der Waals surface area contributed by atoms with E-state index in [1.165, 1.54) is 0 Å². The van der Waals surface area contributed by atoms with Crippen LogP contribution < -0.4 is 5.46 Å². The Kier molecular flexibility index (Phi) is 3.88. The number of hydrogen-bond acceptors (Lipinski definition) is 3. The van der Waals surface area contributed by atoms with Crippen molar-refractivity contribution in [1.29, 1.82) is 0 Å². The van der Waals surface area contributed by atoms with Crippen molar-refractivity contribution in [3.05, 3.63) is 29.3 Å². The van der Waals surface area contributed by atoms with E-state index < -0.39 is 13.1 Å². The maximum atomic E-state index is 10.4. The summed E-state index contributed by atoms with van der Waals surface area (Å²) in [5.74, 6) is -0.833. The molecule has 1 aromatic carbocycles. The normalized spacial score (nSPS) is 10.1. The van der Waals surface area contributed by atoms with Crippen molar-refractivity contribution in [2.45, 2.75) is 19.8 Å². The number of carboxylic acids is 1. The molecule has 80 valence electrons. The molecule has 0 aliphatic heterocycles. The zero-order valence-corrected chi connectivity index (χ0v) is 8.47. The van der Waals surface area contributed by atoms with Crippen LogP contribution in [0.4, 0.5) is 0 Å². The number of aryl methyl sites for hydroxylation is 2. The van der Waals surface area contributed by atoms with Crippen molar-refractivity contribution in [2.75, 3.05) is 0 Å². The molecule has 0 fully saturated rings. The fraction of sp³-hybridized carbons (Fsp3) is 0.300. The van der Waals surface area contributed by atoms with Crippen LogP contribution in [0.5, 0.6) is 0 Å². The highest BCUT2D eigenvalue weighted by Gasteiger charge is 2.12. The molecular formula is C10H13BO4. The van der Waals surface area contributed by atoms with Gasteiger partial charge in [0.1, 0.15) is 0 Å². The minimum atomic E-state index is -1.47. The Morgan fingerprint density at radius 2 is 2.07 bits per heavy atom. The molecule has 0 bridgehead atoms. The molecule has 5 heteroatoms. The van der Waals surface area contributed by atoms with Crippen LogP contribution >= 0.6 is 0 Å². The number of carboxylic acid groups (broad SMARTS) is 1. The van der Waals surface area contributed by atoms with Gasteiger partial charge in [-0.3, -0.25) is 4.79 Å². The second-order valence-corrected chi connectivity index (χ2v) is 3.45. The van der Waals surface area contributed by atoms with Crippen molar-refractivity contribution in [1.82, 2.24) is 0 Å². The highest BCUT2D eigenvalue weighted by atomic mass is 16.4. The first-order valence-corrected chi connectivity index (χ1v) is 4.68. The highest BCUT2D eigenvalue weighted by Crippen LogP contribution is 2.08. The number of carbonyl (C=O) groups is 1. The molecule has 1 rings (SSSR count). The summed E-state index contributed by atoms with van der Waals surface area (Å²) in [5.41, 5.74) is 2.22. The molecule has 0 atom stereocenters. The number of benzene rings is 1. The van der Waals surface area contributed by atoms with Gasteiger partial charge in [0, 0.05) is 6.42 Å². The summed E-state index contributed by atoms with van der Waals surface area (Å²) in [6, 6.07) is 4.98. The minimum Gasteiger partial charge on any atom is -0.481 e. The third kappa shape index (κ3) is 3.38.